The third-order valence-electron chi connectivity index (χ3n) is 3.08. The lowest BCUT2D eigenvalue weighted by atomic mass is 10.1. The number of benzene rings is 1. The van der Waals surface area contributed by atoms with Crippen LogP contribution < -0.4 is 11.5 Å². The highest BCUT2D eigenvalue weighted by Crippen LogP contribution is 2.28. The molecule has 0 aliphatic carbocycles. The molecule has 6 nitrogen and oxygen atoms in total. The Hall–Kier alpha value is -2.21. The molecule has 1 aliphatic rings. The summed E-state index contributed by atoms with van der Waals surface area (Å²) in [5, 5.41) is 0. The molecule has 4 N–H and O–H groups in total. The summed E-state index contributed by atoms with van der Waals surface area (Å²) in [5.74, 6) is -2.01. The summed E-state index contributed by atoms with van der Waals surface area (Å²) in [7, 11) is 0. The van der Waals surface area contributed by atoms with Crippen LogP contribution >= 0.6 is 0 Å². The van der Waals surface area contributed by atoms with Gasteiger partial charge < -0.3 is 11.5 Å². The van der Waals surface area contributed by atoms with Crippen LogP contribution in [0.4, 0.5) is 5.69 Å². The number of carbonyl (C=O) groups excluding carboxylic acids is 3. The van der Waals surface area contributed by atoms with Gasteiger partial charge in [-0.15, -0.1) is 0 Å². The molecule has 100 valence electrons. The van der Waals surface area contributed by atoms with Gasteiger partial charge in [0, 0.05) is 5.69 Å². The molecule has 1 heterocycles. The first-order valence-electron chi connectivity index (χ1n) is 6.05. The normalized spacial score (nSPS) is 15.6. The van der Waals surface area contributed by atoms with Crippen molar-refractivity contribution in [1.29, 1.82) is 0 Å². The van der Waals surface area contributed by atoms with E-state index in [0.717, 1.165) is 0 Å². The monoisotopic (exact) mass is 261 g/mol. The highest BCUT2D eigenvalue weighted by atomic mass is 16.2. The second kappa shape index (κ2) is 4.81. The highest BCUT2D eigenvalue weighted by molar-refractivity contribution is 6.31. The van der Waals surface area contributed by atoms with Crippen molar-refractivity contribution < 1.29 is 14.4 Å². The van der Waals surface area contributed by atoms with E-state index < -0.39 is 23.8 Å². The molecule has 1 aliphatic heterocycles. The fourth-order valence-corrected chi connectivity index (χ4v) is 2.11. The van der Waals surface area contributed by atoms with Crippen LogP contribution in [0.25, 0.3) is 0 Å². The van der Waals surface area contributed by atoms with E-state index in [1.807, 2.05) is 6.92 Å². The summed E-state index contributed by atoms with van der Waals surface area (Å²) >= 11 is 0. The lowest BCUT2D eigenvalue weighted by Crippen LogP contribution is -2.46. The van der Waals surface area contributed by atoms with Crippen LogP contribution in [0.1, 0.15) is 40.5 Å². The topological polar surface area (TPSA) is 106 Å². The molecule has 2 rings (SSSR count). The summed E-state index contributed by atoms with van der Waals surface area (Å²) in [6.45, 7) is 1.87. The molecule has 3 amide bonds. The van der Waals surface area contributed by atoms with E-state index in [0.29, 0.717) is 17.7 Å². The number of nitrogens with two attached hydrogens (primary N) is 2. The number of nitrogens with zero attached hydrogens (tertiary/aromatic N) is 1. The second-order valence-electron chi connectivity index (χ2n) is 4.45. The van der Waals surface area contributed by atoms with Crippen LogP contribution in [-0.4, -0.2) is 28.7 Å². The first kappa shape index (κ1) is 13.2. The Bertz CT molecular complexity index is 568. The molecule has 6 heteroatoms. The molecule has 0 spiro atoms. The maximum Gasteiger partial charge on any atom is 0.270 e. The molecule has 0 saturated heterocycles. The van der Waals surface area contributed by atoms with Crippen molar-refractivity contribution in [3.63, 3.8) is 0 Å². The molecule has 1 aromatic carbocycles. The van der Waals surface area contributed by atoms with Crippen LogP contribution in [-0.2, 0) is 4.79 Å². The summed E-state index contributed by atoms with van der Waals surface area (Å²) in [6.07, 6.45) is 1.11. The summed E-state index contributed by atoms with van der Waals surface area (Å²) in [6, 6.07) is 3.71. The van der Waals surface area contributed by atoms with Crippen molar-refractivity contribution in [1.82, 2.24) is 4.90 Å². The van der Waals surface area contributed by atoms with Gasteiger partial charge in [-0.1, -0.05) is 19.4 Å². The zero-order valence-electron chi connectivity index (χ0n) is 10.6. The van der Waals surface area contributed by atoms with Gasteiger partial charge in [0.25, 0.3) is 17.7 Å². The minimum absolute atomic E-state index is 0.0875. The summed E-state index contributed by atoms with van der Waals surface area (Å²) in [5.41, 5.74) is 11.8. The third kappa shape index (κ3) is 2.00. The smallest absolute Gasteiger partial charge is 0.270 e. The van der Waals surface area contributed by atoms with E-state index in [1.165, 1.54) is 12.1 Å². The molecule has 1 aromatic rings. The van der Waals surface area contributed by atoms with Crippen LogP contribution in [0.15, 0.2) is 18.2 Å². The quantitative estimate of drug-likeness (QED) is 0.609. The Labute approximate surface area is 110 Å². The molecule has 0 bridgehead atoms. The molecule has 0 aromatic heterocycles. The molecule has 0 fully saturated rings. The second-order valence-corrected chi connectivity index (χ2v) is 4.45. The Balaban J connectivity index is 2.38. The van der Waals surface area contributed by atoms with Gasteiger partial charge in [0.15, 0.2) is 0 Å². The van der Waals surface area contributed by atoms with E-state index in [2.05, 4.69) is 0 Å². The van der Waals surface area contributed by atoms with Crippen molar-refractivity contribution >= 4 is 23.4 Å². The number of nitrogen functional groups attached to an aromatic ring is 1. The average Bonchev–Trinajstić information content (AvgIpc) is 2.62. The minimum atomic E-state index is -0.853. The predicted molar refractivity (Wildman–Crippen MR) is 69.2 cm³/mol. The SMILES string of the molecule is CCC[C@H](N)C(=O)N1C(=O)c2cccc(N)c2C1=O. The number of rotatable bonds is 3. The van der Waals surface area contributed by atoms with E-state index >= 15 is 0 Å². The molecular weight excluding hydrogens is 246 g/mol. The Kier molecular flexibility index (Phi) is 3.35. The molecule has 0 saturated carbocycles. The number of hydrogen-bond acceptors (Lipinski definition) is 5. The van der Waals surface area contributed by atoms with Crippen molar-refractivity contribution in [2.75, 3.05) is 5.73 Å². The van der Waals surface area contributed by atoms with Crippen LogP contribution in [0.2, 0.25) is 0 Å². The number of fused-ring (bicyclic) bond motifs is 1. The van der Waals surface area contributed by atoms with Gasteiger partial charge in [0.1, 0.15) is 0 Å². The van der Waals surface area contributed by atoms with Gasteiger partial charge in [-0.2, -0.15) is 0 Å². The molecule has 0 radical (unpaired) electrons. The van der Waals surface area contributed by atoms with Gasteiger partial charge in [-0.3, -0.25) is 14.4 Å². The van der Waals surface area contributed by atoms with E-state index in [4.69, 9.17) is 11.5 Å². The Morgan fingerprint density at radius 3 is 2.58 bits per heavy atom. The summed E-state index contributed by atoms with van der Waals surface area (Å²) < 4.78 is 0. The maximum atomic E-state index is 12.1. The van der Waals surface area contributed by atoms with E-state index in [9.17, 15) is 14.4 Å². The Morgan fingerprint density at radius 2 is 2.00 bits per heavy atom. The van der Waals surface area contributed by atoms with Gasteiger partial charge in [-0.25, -0.2) is 4.90 Å². The average molecular weight is 261 g/mol. The lowest BCUT2D eigenvalue weighted by molar-refractivity contribution is -0.127. The number of anilines is 1. The van der Waals surface area contributed by atoms with Gasteiger partial charge in [0.05, 0.1) is 17.2 Å². The van der Waals surface area contributed by atoms with Crippen LogP contribution in [0, 0.1) is 0 Å². The zero-order chi connectivity index (χ0) is 14.2. The fourth-order valence-electron chi connectivity index (χ4n) is 2.11. The highest BCUT2D eigenvalue weighted by Gasteiger charge is 2.42. The summed E-state index contributed by atoms with van der Waals surface area (Å²) in [4.78, 5) is 36.9. The van der Waals surface area contributed by atoms with Crippen molar-refractivity contribution in [3.8, 4) is 0 Å². The minimum Gasteiger partial charge on any atom is -0.398 e. The third-order valence-corrected chi connectivity index (χ3v) is 3.08. The number of imide groups is 3. The molecule has 1 atom stereocenters. The molecule has 19 heavy (non-hydrogen) atoms. The van der Waals surface area contributed by atoms with Gasteiger partial charge in [-0.05, 0) is 18.6 Å². The van der Waals surface area contributed by atoms with Crippen molar-refractivity contribution in [2.45, 2.75) is 25.8 Å². The molecular formula is C13H15N3O3. The van der Waals surface area contributed by atoms with E-state index in [1.54, 1.807) is 6.07 Å². The van der Waals surface area contributed by atoms with E-state index in [-0.39, 0.29) is 16.8 Å². The first-order chi connectivity index (χ1) is 8.99. The largest absolute Gasteiger partial charge is 0.398 e. The van der Waals surface area contributed by atoms with Crippen molar-refractivity contribution in [2.24, 2.45) is 5.73 Å². The standard InChI is InChI=1S/C13H15N3O3/c1-2-4-9(15)12(18)16-11(17)7-5-3-6-8(14)10(7)13(16)19/h3,5-6,9H,2,4,14-15H2,1H3/t9-/m0/s1. The zero-order valence-corrected chi connectivity index (χ0v) is 10.6. The Morgan fingerprint density at radius 1 is 1.32 bits per heavy atom. The number of amides is 3. The van der Waals surface area contributed by atoms with Crippen molar-refractivity contribution in [3.05, 3.63) is 29.3 Å². The first-order valence-corrected chi connectivity index (χ1v) is 6.05. The van der Waals surface area contributed by atoms with Gasteiger partial charge >= 0.3 is 0 Å². The number of carbonyl (C=O) groups is 3. The fraction of sp³-hybridized carbons (Fsp3) is 0.308. The number of hydrogen-bond donors (Lipinski definition) is 2. The lowest BCUT2D eigenvalue weighted by Gasteiger charge is -2.16. The van der Waals surface area contributed by atoms with Crippen LogP contribution in [0.5, 0.6) is 0 Å². The predicted octanol–water partition coefficient (Wildman–Crippen LogP) is 0.519. The molecule has 0 unspecified atom stereocenters. The van der Waals surface area contributed by atoms with Gasteiger partial charge in [0.2, 0.25) is 0 Å². The van der Waals surface area contributed by atoms with Crippen LogP contribution in [0.3, 0.4) is 0 Å². The maximum absolute atomic E-state index is 12.1.